The van der Waals surface area contributed by atoms with Gasteiger partial charge in [-0.1, -0.05) is 0 Å². The summed E-state index contributed by atoms with van der Waals surface area (Å²) in [7, 11) is 0. The van der Waals surface area contributed by atoms with Crippen molar-refractivity contribution in [2.45, 2.75) is 19.1 Å². The Morgan fingerprint density at radius 3 is 2.45 bits per heavy atom. The first-order chi connectivity index (χ1) is 10.7. The van der Waals surface area contributed by atoms with Gasteiger partial charge in [0.05, 0.1) is 13.2 Å². The first-order valence-corrected chi connectivity index (χ1v) is 7.26. The second-order valence-corrected chi connectivity index (χ2v) is 5.55. The highest BCUT2D eigenvalue weighted by atomic mass is 16.6. The minimum absolute atomic E-state index is 0.108. The molecule has 116 valence electrons. The normalized spacial score (nSPS) is 22.6. The van der Waals surface area contributed by atoms with Crippen LogP contribution in [0, 0.1) is 6.92 Å². The number of hydrogen-bond donors (Lipinski definition) is 0. The molecular weight excluding hydrogens is 288 g/mol. The van der Waals surface area contributed by atoms with Crippen LogP contribution in [-0.4, -0.2) is 38.6 Å². The molecule has 1 aromatic carbocycles. The number of fused-ring (bicyclic) bond motifs is 1. The average molecular weight is 304 g/mol. The van der Waals surface area contributed by atoms with Gasteiger partial charge in [-0.2, -0.15) is 0 Å². The zero-order chi connectivity index (χ0) is 15.1. The van der Waals surface area contributed by atoms with E-state index in [1.54, 1.807) is 19.1 Å². The number of ether oxygens (including phenoxy) is 4. The van der Waals surface area contributed by atoms with E-state index in [0.717, 1.165) is 6.61 Å². The molecule has 0 radical (unpaired) electrons. The summed E-state index contributed by atoms with van der Waals surface area (Å²) in [5.74, 6) is 1.62. The molecule has 2 aliphatic rings. The van der Waals surface area contributed by atoms with Crippen molar-refractivity contribution < 1.29 is 23.4 Å². The highest BCUT2D eigenvalue weighted by molar-refractivity contribution is 5.85. The molecule has 4 rings (SSSR count). The summed E-state index contributed by atoms with van der Waals surface area (Å²) in [5.41, 5.74) is 0.341. The zero-order valence-electron chi connectivity index (χ0n) is 12.2. The fourth-order valence-corrected chi connectivity index (χ4v) is 2.25. The lowest BCUT2D eigenvalue weighted by atomic mass is 10.2. The second-order valence-electron chi connectivity index (χ2n) is 5.55. The van der Waals surface area contributed by atoms with Crippen LogP contribution in [0.5, 0.6) is 11.5 Å². The van der Waals surface area contributed by atoms with Crippen LogP contribution in [0.2, 0.25) is 0 Å². The van der Waals surface area contributed by atoms with E-state index >= 15 is 0 Å². The van der Waals surface area contributed by atoms with Crippen LogP contribution in [0.15, 0.2) is 27.4 Å². The Morgan fingerprint density at radius 1 is 1.09 bits per heavy atom. The van der Waals surface area contributed by atoms with Crippen molar-refractivity contribution in [2.24, 2.45) is 0 Å². The molecule has 2 aliphatic heterocycles. The van der Waals surface area contributed by atoms with E-state index in [1.165, 1.54) is 6.07 Å². The van der Waals surface area contributed by atoms with Crippen LogP contribution in [0.25, 0.3) is 11.0 Å². The monoisotopic (exact) mass is 304 g/mol. The Morgan fingerprint density at radius 2 is 1.77 bits per heavy atom. The maximum Gasteiger partial charge on any atom is 0.196 e. The fourth-order valence-electron chi connectivity index (χ4n) is 2.25. The summed E-state index contributed by atoms with van der Waals surface area (Å²) in [5, 5.41) is 0.432. The molecule has 6 nitrogen and oxygen atoms in total. The van der Waals surface area contributed by atoms with Gasteiger partial charge in [-0.3, -0.25) is 4.79 Å². The summed E-state index contributed by atoms with van der Waals surface area (Å²) in [4.78, 5) is 12.2. The minimum Gasteiger partial charge on any atom is -0.491 e. The minimum atomic E-state index is -0.123. The Bertz CT molecular complexity index is 757. The lowest BCUT2D eigenvalue weighted by Crippen LogP contribution is -2.10. The van der Waals surface area contributed by atoms with E-state index in [4.69, 9.17) is 23.4 Å². The van der Waals surface area contributed by atoms with E-state index in [9.17, 15) is 4.79 Å². The molecule has 0 saturated carbocycles. The highest BCUT2D eigenvalue weighted by Gasteiger charge is 2.25. The van der Waals surface area contributed by atoms with Gasteiger partial charge in [0.2, 0.25) is 0 Å². The number of hydrogen-bond acceptors (Lipinski definition) is 6. The van der Waals surface area contributed by atoms with Crippen molar-refractivity contribution in [1.29, 1.82) is 0 Å². The van der Waals surface area contributed by atoms with Gasteiger partial charge in [0.25, 0.3) is 0 Å². The second kappa shape index (κ2) is 5.30. The maximum atomic E-state index is 12.2. The molecule has 0 amide bonds. The molecule has 0 unspecified atom stereocenters. The van der Waals surface area contributed by atoms with Crippen LogP contribution >= 0.6 is 0 Å². The molecule has 1 aromatic heterocycles. The van der Waals surface area contributed by atoms with Gasteiger partial charge in [-0.05, 0) is 6.92 Å². The van der Waals surface area contributed by atoms with E-state index < -0.39 is 0 Å². The predicted molar refractivity (Wildman–Crippen MR) is 77.7 cm³/mol. The van der Waals surface area contributed by atoms with Crippen LogP contribution in [0.4, 0.5) is 0 Å². The number of epoxide rings is 2. The Labute approximate surface area is 126 Å². The molecule has 0 spiro atoms. The summed E-state index contributed by atoms with van der Waals surface area (Å²) >= 11 is 0. The van der Waals surface area contributed by atoms with Crippen molar-refractivity contribution >= 4 is 11.0 Å². The van der Waals surface area contributed by atoms with E-state index in [1.807, 2.05) is 0 Å². The van der Waals surface area contributed by atoms with Crippen LogP contribution in [-0.2, 0) is 9.47 Å². The van der Waals surface area contributed by atoms with E-state index in [2.05, 4.69) is 0 Å². The lowest BCUT2D eigenvalue weighted by molar-refractivity contribution is 0.253. The largest absolute Gasteiger partial charge is 0.491 e. The molecule has 2 saturated heterocycles. The van der Waals surface area contributed by atoms with Crippen molar-refractivity contribution in [3.63, 3.8) is 0 Å². The summed E-state index contributed by atoms with van der Waals surface area (Å²) in [6.07, 6.45) is 0.265. The van der Waals surface area contributed by atoms with Crippen molar-refractivity contribution in [1.82, 2.24) is 0 Å². The molecule has 6 heteroatoms. The maximum absolute atomic E-state index is 12.2. The van der Waals surface area contributed by atoms with Crippen LogP contribution < -0.4 is 14.9 Å². The highest BCUT2D eigenvalue weighted by Crippen LogP contribution is 2.31. The molecular formula is C16H16O6. The summed E-state index contributed by atoms with van der Waals surface area (Å²) in [6.45, 7) is 4.06. The zero-order valence-corrected chi connectivity index (χ0v) is 12.2. The van der Waals surface area contributed by atoms with Crippen LogP contribution in [0.1, 0.15) is 5.76 Å². The molecule has 0 bridgehead atoms. The number of benzene rings is 1. The summed E-state index contributed by atoms with van der Waals surface area (Å²) < 4.78 is 27.3. The topological polar surface area (TPSA) is 73.7 Å². The van der Waals surface area contributed by atoms with Gasteiger partial charge in [-0.15, -0.1) is 0 Å². The smallest absolute Gasteiger partial charge is 0.196 e. The van der Waals surface area contributed by atoms with Crippen molar-refractivity contribution in [3.05, 3.63) is 34.2 Å². The number of aryl methyl sites for hydroxylation is 1. The predicted octanol–water partition coefficient (Wildman–Crippen LogP) is 1.66. The van der Waals surface area contributed by atoms with Crippen molar-refractivity contribution in [2.75, 3.05) is 26.4 Å². The third-order valence-electron chi connectivity index (χ3n) is 3.56. The van der Waals surface area contributed by atoms with Gasteiger partial charge in [-0.25, -0.2) is 0 Å². The SMILES string of the molecule is Cc1cc(=O)c2c(OC[C@@H]3CO3)cc(OC[C@@H]3CO3)cc2o1. The van der Waals surface area contributed by atoms with Crippen LogP contribution in [0.3, 0.4) is 0 Å². The van der Waals surface area contributed by atoms with Gasteiger partial charge in [0.15, 0.2) is 5.43 Å². The standard InChI is InChI=1S/C16H16O6/c1-9-2-13(17)16-14(21-8-12-7-20-12)3-10(4-15(16)22-9)18-5-11-6-19-11/h2-4,11-12H,5-8H2,1H3/t11-,12+/m1/s1. The van der Waals surface area contributed by atoms with Gasteiger partial charge in [0.1, 0.15) is 53.7 Å². The third kappa shape index (κ3) is 2.93. The number of rotatable bonds is 6. The third-order valence-corrected chi connectivity index (χ3v) is 3.56. The Kier molecular flexibility index (Phi) is 3.28. The molecule has 2 aromatic rings. The fraction of sp³-hybridized carbons (Fsp3) is 0.438. The van der Waals surface area contributed by atoms with Gasteiger partial charge >= 0.3 is 0 Å². The Balaban J connectivity index is 1.71. The van der Waals surface area contributed by atoms with Gasteiger partial charge in [0, 0.05) is 18.2 Å². The first-order valence-electron chi connectivity index (χ1n) is 7.26. The lowest BCUT2D eigenvalue weighted by Gasteiger charge is -2.11. The average Bonchev–Trinajstić information content (AvgIpc) is 3.36. The van der Waals surface area contributed by atoms with Gasteiger partial charge < -0.3 is 23.4 Å². The quantitative estimate of drug-likeness (QED) is 0.756. The molecule has 2 atom stereocenters. The van der Waals surface area contributed by atoms with Crippen molar-refractivity contribution in [3.8, 4) is 11.5 Å². The van der Waals surface area contributed by atoms with E-state index in [-0.39, 0.29) is 17.6 Å². The molecule has 2 fully saturated rings. The molecule has 22 heavy (non-hydrogen) atoms. The summed E-state index contributed by atoms with van der Waals surface area (Å²) in [6, 6.07) is 4.90. The molecule has 3 heterocycles. The molecule has 0 aliphatic carbocycles. The first kappa shape index (κ1) is 13.6. The Hall–Kier alpha value is -2.05. The molecule has 0 N–H and O–H groups in total. The van der Waals surface area contributed by atoms with E-state index in [0.29, 0.717) is 48.0 Å².